The van der Waals surface area contributed by atoms with E-state index in [-0.39, 0.29) is 0 Å². The van der Waals surface area contributed by atoms with E-state index in [1.54, 1.807) is 19.6 Å². The molecule has 0 saturated carbocycles. The molecule has 0 radical (unpaired) electrons. The third-order valence-electron chi connectivity index (χ3n) is 2.54. The third kappa shape index (κ3) is 2.17. The van der Waals surface area contributed by atoms with E-state index >= 15 is 0 Å². The molecule has 0 aliphatic heterocycles. The maximum absolute atomic E-state index is 5.38. The zero-order chi connectivity index (χ0) is 11.4. The van der Waals surface area contributed by atoms with Gasteiger partial charge in [-0.25, -0.2) is 4.98 Å². The number of fused-ring (bicyclic) bond motifs is 1. The molecule has 0 spiro atoms. The van der Waals surface area contributed by atoms with Crippen LogP contribution in [0.1, 0.15) is 12.5 Å². The van der Waals surface area contributed by atoms with E-state index < -0.39 is 0 Å². The summed E-state index contributed by atoms with van der Waals surface area (Å²) in [5.41, 5.74) is 1.84. The summed E-state index contributed by atoms with van der Waals surface area (Å²) in [6.45, 7) is 4.03. The molecular weight excluding hydrogens is 204 g/mol. The van der Waals surface area contributed by atoms with Crippen LogP contribution in [0.5, 0.6) is 5.75 Å². The number of pyridine rings is 1. The van der Waals surface area contributed by atoms with E-state index in [0.29, 0.717) is 5.71 Å². The largest absolute Gasteiger partial charge is 0.495 e. The molecule has 0 amide bonds. The molecule has 4 nitrogen and oxygen atoms in total. The van der Waals surface area contributed by atoms with E-state index in [4.69, 9.17) is 9.15 Å². The summed E-state index contributed by atoms with van der Waals surface area (Å²) in [5, 5.41) is 4.33. The second-order valence-electron chi connectivity index (χ2n) is 3.59. The molecule has 0 bridgehead atoms. The number of methoxy groups -OCH3 is 1. The summed E-state index contributed by atoms with van der Waals surface area (Å²) < 4.78 is 10.5. The van der Waals surface area contributed by atoms with Crippen molar-refractivity contribution in [2.24, 2.45) is 0 Å². The van der Waals surface area contributed by atoms with Crippen molar-refractivity contribution in [3.05, 3.63) is 24.1 Å². The molecule has 2 rings (SSSR count). The summed E-state index contributed by atoms with van der Waals surface area (Å²) in [7, 11) is 1.64. The number of hydrogen-bond donors (Lipinski definition) is 1. The Balaban J connectivity index is 2.24. The predicted octanol–water partition coefficient (Wildman–Crippen LogP) is 1.99. The van der Waals surface area contributed by atoms with Crippen LogP contribution in [-0.4, -0.2) is 25.2 Å². The van der Waals surface area contributed by atoms with Gasteiger partial charge in [0.2, 0.25) is 5.71 Å². The molecule has 4 heteroatoms. The third-order valence-corrected chi connectivity index (χ3v) is 2.54. The highest BCUT2D eigenvalue weighted by Gasteiger charge is 2.07. The Kier molecular flexibility index (Phi) is 3.41. The van der Waals surface area contributed by atoms with Gasteiger partial charge >= 0.3 is 0 Å². The summed E-state index contributed by atoms with van der Waals surface area (Å²) in [4.78, 5) is 4.19. The number of nitrogens with one attached hydrogen (secondary N) is 1. The van der Waals surface area contributed by atoms with Gasteiger partial charge in [-0.15, -0.1) is 0 Å². The fraction of sp³-hybridized carbons (Fsp3) is 0.417. The molecule has 0 unspecified atom stereocenters. The fourth-order valence-corrected chi connectivity index (χ4v) is 1.65. The van der Waals surface area contributed by atoms with E-state index in [2.05, 4.69) is 17.2 Å². The van der Waals surface area contributed by atoms with E-state index in [0.717, 1.165) is 30.6 Å². The molecule has 0 aliphatic carbocycles. The number of furan rings is 1. The minimum Gasteiger partial charge on any atom is -0.495 e. The van der Waals surface area contributed by atoms with Crippen molar-refractivity contribution < 1.29 is 9.15 Å². The SMILES string of the molecule is CCNCCc1coc2ncc(OC)cc12. The Labute approximate surface area is 94.6 Å². The lowest BCUT2D eigenvalue weighted by Gasteiger charge is -2.01. The van der Waals surface area contributed by atoms with E-state index in [1.807, 2.05) is 6.07 Å². The predicted molar refractivity (Wildman–Crippen MR) is 62.8 cm³/mol. The Hall–Kier alpha value is -1.55. The second kappa shape index (κ2) is 4.99. The molecule has 2 aromatic heterocycles. The lowest BCUT2D eigenvalue weighted by atomic mass is 10.1. The quantitative estimate of drug-likeness (QED) is 0.783. The number of ether oxygens (including phenoxy) is 1. The van der Waals surface area contributed by atoms with E-state index in [9.17, 15) is 0 Å². The maximum atomic E-state index is 5.38. The van der Waals surface area contributed by atoms with Gasteiger partial charge in [-0.1, -0.05) is 6.92 Å². The van der Waals surface area contributed by atoms with Crippen LogP contribution in [-0.2, 0) is 6.42 Å². The van der Waals surface area contributed by atoms with Crippen LogP contribution in [0.4, 0.5) is 0 Å². The van der Waals surface area contributed by atoms with Gasteiger partial charge in [-0.2, -0.15) is 0 Å². The first kappa shape index (κ1) is 11.0. The molecule has 1 N–H and O–H groups in total. The number of hydrogen-bond acceptors (Lipinski definition) is 4. The molecular formula is C12H16N2O2. The Bertz CT molecular complexity index is 465. The average molecular weight is 220 g/mol. The van der Waals surface area contributed by atoms with Crippen molar-refractivity contribution in [1.29, 1.82) is 0 Å². The minimum absolute atomic E-state index is 0.673. The molecule has 0 atom stereocenters. The highest BCUT2D eigenvalue weighted by Crippen LogP contribution is 2.23. The van der Waals surface area contributed by atoms with Crippen LogP contribution in [0.15, 0.2) is 22.9 Å². The van der Waals surface area contributed by atoms with Crippen LogP contribution in [0.25, 0.3) is 11.1 Å². The first-order valence-electron chi connectivity index (χ1n) is 5.46. The smallest absolute Gasteiger partial charge is 0.226 e. The number of rotatable bonds is 5. The average Bonchev–Trinajstić information content (AvgIpc) is 2.72. The summed E-state index contributed by atoms with van der Waals surface area (Å²) in [6.07, 6.45) is 4.38. The summed E-state index contributed by atoms with van der Waals surface area (Å²) >= 11 is 0. The van der Waals surface area contributed by atoms with Crippen molar-refractivity contribution in [1.82, 2.24) is 10.3 Å². The highest BCUT2D eigenvalue weighted by molar-refractivity contribution is 5.78. The Morgan fingerprint density at radius 1 is 1.50 bits per heavy atom. The topological polar surface area (TPSA) is 47.3 Å². The second-order valence-corrected chi connectivity index (χ2v) is 3.59. The lowest BCUT2D eigenvalue weighted by molar-refractivity contribution is 0.413. The first-order valence-corrected chi connectivity index (χ1v) is 5.46. The minimum atomic E-state index is 0.673. The van der Waals surface area contributed by atoms with Gasteiger partial charge < -0.3 is 14.5 Å². The molecule has 0 aromatic carbocycles. The van der Waals surface area contributed by atoms with Crippen LogP contribution in [0, 0.1) is 0 Å². The maximum Gasteiger partial charge on any atom is 0.226 e. The highest BCUT2D eigenvalue weighted by atomic mass is 16.5. The van der Waals surface area contributed by atoms with Crippen LogP contribution < -0.4 is 10.1 Å². The van der Waals surface area contributed by atoms with Gasteiger partial charge in [0.25, 0.3) is 0 Å². The van der Waals surface area contributed by atoms with Crippen LogP contribution in [0.2, 0.25) is 0 Å². The zero-order valence-corrected chi connectivity index (χ0v) is 9.62. The molecule has 0 aliphatic rings. The Morgan fingerprint density at radius 3 is 3.12 bits per heavy atom. The van der Waals surface area contributed by atoms with Crippen LogP contribution >= 0.6 is 0 Å². The van der Waals surface area contributed by atoms with Gasteiger partial charge in [0.1, 0.15) is 5.75 Å². The molecule has 16 heavy (non-hydrogen) atoms. The molecule has 0 saturated heterocycles. The lowest BCUT2D eigenvalue weighted by Crippen LogP contribution is -2.15. The molecule has 0 fully saturated rings. The summed E-state index contributed by atoms with van der Waals surface area (Å²) in [5.74, 6) is 0.763. The van der Waals surface area contributed by atoms with Crippen molar-refractivity contribution in [3.8, 4) is 5.75 Å². The number of aromatic nitrogens is 1. The summed E-state index contributed by atoms with van der Waals surface area (Å²) in [6, 6.07) is 1.97. The van der Waals surface area contributed by atoms with Crippen molar-refractivity contribution >= 4 is 11.1 Å². The van der Waals surface area contributed by atoms with Crippen LogP contribution in [0.3, 0.4) is 0 Å². The van der Waals surface area contributed by atoms with Gasteiger partial charge in [-0.05, 0) is 25.6 Å². The molecule has 2 aromatic rings. The van der Waals surface area contributed by atoms with Gasteiger partial charge in [-0.3, -0.25) is 0 Å². The van der Waals surface area contributed by atoms with Gasteiger partial charge in [0.05, 0.1) is 19.6 Å². The van der Waals surface area contributed by atoms with E-state index in [1.165, 1.54) is 5.56 Å². The normalized spacial score (nSPS) is 10.9. The standard InChI is InChI=1S/C12H16N2O2/c1-3-13-5-4-9-8-16-12-11(9)6-10(15-2)7-14-12/h6-8,13H,3-5H2,1-2H3. The van der Waals surface area contributed by atoms with Gasteiger partial charge in [0, 0.05) is 10.9 Å². The first-order chi connectivity index (χ1) is 7.85. The van der Waals surface area contributed by atoms with Gasteiger partial charge in [0.15, 0.2) is 0 Å². The number of nitrogens with zero attached hydrogens (tertiary/aromatic N) is 1. The number of likely N-dealkylation sites (N-methyl/N-ethyl adjacent to an activating group) is 1. The van der Waals surface area contributed by atoms with Crippen molar-refractivity contribution in [3.63, 3.8) is 0 Å². The fourth-order valence-electron chi connectivity index (χ4n) is 1.65. The zero-order valence-electron chi connectivity index (χ0n) is 9.62. The molecule has 86 valence electrons. The van der Waals surface area contributed by atoms with Crippen molar-refractivity contribution in [2.75, 3.05) is 20.2 Å². The molecule has 2 heterocycles. The monoisotopic (exact) mass is 220 g/mol. The van der Waals surface area contributed by atoms with Crippen molar-refractivity contribution in [2.45, 2.75) is 13.3 Å². The Morgan fingerprint density at radius 2 is 2.38 bits per heavy atom.